The van der Waals surface area contributed by atoms with E-state index in [2.05, 4.69) is 10.3 Å². The number of H-pyrrole nitrogens is 1. The predicted octanol–water partition coefficient (Wildman–Crippen LogP) is 3.38. The third-order valence-electron chi connectivity index (χ3n) is 3.28. The SMILES string of the molecule is O=C(NCc1cc(F)ccc1F)c1cccc2cc[nH]c12. The van der Waals surface area contributed by atoms with Gasteiger partial charge in [0.2, 0.25) is 0 Å². The topological polar surface area (TPSA) is 44.9 Å². The van der Waals surface area contributed by atoms with E-state index in [1.54, 1.807) is 18.3 Å². The van der Waals surface area contributed by atoms with Gasteiger partial charge in [0.15, 0.2) is 0 Å². The molecule has 1 aromatic heterocycles. The number of hydrogen-bond donors (Lipinski definition) is 2. The fourth-order valence-electron chi connectivity index (χ4n) is 2.22. The molecule has 3 nitrogen and oxygen atoms in total. The highest BCUT2D eigenvalue weighted by molar-refractivity contribution is 6.05. The second kappa shape index (κ2) is 5.36. The summed E-state index contributed by atoms with van der Waals surface area (Å²) >= 11 is 0. The molecule has 1 amide bonds. The minimum absolute atomic E-state index is 0.0699. The number of halogens is 2. The minimum Gasteiger partial charge on any atom is -0.361 e. The van der Waals surface area contributed by atoms with Crippen LogP contribution in [0.4, 0.5) is 8.78 Å². The zero-order chi connectivity index (χ0) is 14.8. The number of amides is 1. The number of rotatable bonds is 3. The van der Waals surface area contributed by atoms with E-state index in [0.29, 0.717) is 5.56 Å². The van der Waals surface area contributed by atoms with E-state index in [0.717, 1.165) is 29.1 Å². The van der Waals surface area contributed by atoms with Gasteiger partial charge in [-0.15, -0.1) is 0 Å². The van der Waals surface area contributed by atoms with Gasteiger partial charge >= 0.3 is 0 Å². The van der Waals surface area contributed by atoms with Crippen molar-refractivity contribution in [2.24, 2.45) is 0 Å². The molecule has 0 unspecified atom stereocenters. The summed E-state index contributed by atoms with van der Waals surface area (Å²) in [5.74, 6) is -1.42. The van der Waals surface area contributed by atoms with Gasteiger partial charge in [0.25, 0.3) is 5.91 Å². The van der Waals surface area contributed by atoms with Crippen LogP contribution in [-0.4, -0.2) is 10.9 Å². The number of benzene rings is 2. The number of hydrogen-bond acceptors (Lipinski definition) is 1. The van der Waals surface area contributed by atoms with Crippen LogP contribution in [0.3, 0.4) is 0 Å². The van der Waals surface area contributed by atoms with E-state index in [-0.39, 0.29) is 18.0 Å². The first-order chi connectivity index (χ1) is 10.1. The summed E-state index contributed by atoms with van der Waals surface area (Å²) in [6, 6.07) is 10.4. The number of nitrogens with one attached hydrogen (secondary N) is 2. The van der Waals surface area contributed by atoms with Gasteiger partial charge in [-0.3, -0.25) is 4.79 Å². The summed E-state index contributed by atoms with van der Waals surface area (Å²) in [4.78, 5) is 15.2. The molecule has 3 rings (SSSR count). The van der Waals surface area contributed by atoms with Crippen LogP contribution >= 0.6 is 0 Å². The van der Waals surface area contributed by atoms with Gasteiger partial charge in [0.05, 0.1) is 11.1 Å². The summed E-state index contributed by atoms with van der Waals surface area (Å²) in [6.07, 6.45) is 1.74. The van der Waals surface area contributed by atoms with Crippen molar-refractivity contribution in [3.63, 3.8) is 0 Å². The van der Waals surface area contributed by atoms with Crippen LogP contribution in [0.2, 0.25) is 0 Å². The number of aromatic amines is 1. The maximum absolute atomic E-state index is 13.5. The molecule has 0 saturated heterocycles. The Bertz CT molecular complexity index is 811. The second-order valence-corrected chi connectivity index (χ2v) is 4.67. The Morgan fingerprint density at radius 1 is 1.14 bits per heavy atom. The Hall–Kier alpha value is -2.69. The lowest BCUT2D eigenvalue weighted by Gasteiger charge is -2.07. The summed E-state index contributed by atoms with van der Waals surface area (Å²) in [7, 11) is 0. The van der Waals surface area contributed by atoms with Crippen LogP contribution in [0.5, 0.6) is 0 Å². The van der Waals surface area contributed by atoms with Crippen molar-refractivity contribution in [2.45, 2.75) is 6.54 Å². The molecule has 5 heteroatoms. The molecule has 0 atom stereocenters. The third-order valence-corrected chi connectivity index (χ3v) is 3.28. The van der Waals surface area contributed by atoms with E-state index in [4.69, 9.17) is 0 Å². The molecule has 2 aromatic carbocycles. The van der Waals surface area contributed by atoms with Crippen LogP contribution < -0.4 is 5.32 Å². The first-order valence-electron chi connectivity index (χ1n) is 6.43. The van der Waals surface area contributed by atoms with Gasteiger partial charge < -0.3 is 10.3 Å². The van der Waals surface area contributed by atoms with Crippen molar-refractivity contribution in [1.29, 1.82) is 0 Å². The molecule has 0 fully saturated rings. The van der Waals surface area contributed by atoms with Gasteiger partial charge in [0, 0.05) is 23.7 Å². The monoisotopic (exact) mass is 286 g/mol. The molecule has 3 aromatic rings. The molecule has 0 saturated carbocycles. The van der Waals surface area contributed by atoms with Crippen molar-refractivity contribution in [3.8, 4) is 0 Å². The van der Waals surface area contributed by atoms with Crippen LogP contribution in [-0.2, 0) is 6.54 Å². The standard InChI is InChI=1S/C16H12F2N2O/c17-12-4-5-14(18)11(8-12)9-20-16(21)13-3-1-2-10-6-7-19-15(10)13/h1-8,19H,9H2,(H,20,21). The Labute approximate surface area is 119 Å². The maximum atomic E-state index is 13.5. The largest absolute Gasteiger partial charge is 0.361 e. The van der Waals surface area contributed by atoms with E-state index < -0.39 is 11.6 Å². The molecular weight excluding hydrogens is 274 g/mol. The summed E-state index contributed by atoms with van der Waals surface area (Å²) in [5, 5.41) is 3.52. The quantitative estimate of drug-likeness (QED) is 0.761. The van der Waals surface area contributed by atoms with Crippen molar-refractivity contribution in [2.75, 3.05) is 0 Å². The Morgan fingerprint density at radius 2 is 2.00 bits per heavy atom. The second-order valence-electron chi connectivity index (χ2n) is 4.67. The van der Waals surface area contributed by atoms with Gasteiger partial charge in [-0.2, -0.15) is 0 Å². The zero-order valence-corrected chi connectivity index (χ0v) is 11.0. The fraction of sp³-hybridized carbons (Fsp3) is 0.0625. The average Bonchev–Trinajstić information content (AvgIpc) is 2.96. The lowest BCUT2D eigenvalue weighted by Crippen LogP contribution is -2.23. The normalized spacial score (nSPS) is 10.8. The molecule has 0 aliphatic carbocycles. The molecule has 2 N–H and O–H groups in total. The number of carbonyl (C=O) groups is 1. The molecule has 0 spiro atoms. The molecule has 106 valence electrons. The van der Waals surface area contributed by atoms with E-state index in [9.17, 15) is 13.6 Å². The predicted molar refractivity (Wildman–Crippen MR) is 75.8 cm³/mol. The molecule has 0 aliphatic heterocycles. The number of aromatic nitrogens is 1. The van der Waals surface area contributed by atoms with Crippen molar-refractivity contribution in [3.05, 3.63) is 71.4 Å². The van der Waals surface area contributed by atoms with Gasteiger partial charge in [-0.25, -0.2) is 8.78 Å². The van der Waals surface area contributed by atoms with E-state index >= 15 is 0 Å². The summed E-state index contributed by atoms with van der Waals surface area (Å²) in [6.45, 7) is -0.0699. The van der Waals surface area contributed by atoms with Gasteiger partial charge in [-0.1, -0.05) is 12.1 Å². The Balaban J connectivity index is 1.81. The summed E-state index contributed by atoms with van der Waals surface area (Å²) < 4.78 is 26.6. The van der Waals surface area contributed by atoms with Crippen LogP contribution in [0.1, 0.15) is 15.9 Å². The molecule has 21 heavy (non-hydrogen) atoms. The zero-order valence-electron chi connectivity index (χ0n) is 11.0. The lowest BCUT2D eigenvalue weighted by atomic mass is 10.1. The lowest BCUT2D eigenvalue weighted by molar-refractivity contribution is 0.0952. The van der Waals surface area contributed by atoms with E-state index in [1.165, 1.54) is 0 Å². The van der Waals surface area contributed by atoms with Gasteiger partial charge in [-0.05, 0) is 30.3 Å². The van der Waals surface area contributed by atoms with E-state index in [1.807, 2.05) is 12.1 Å². The molecular formula is C16H12F2N2O. The highest BCUT2D eigenvalue weighted by Crippen LogP contribution is 2.17. The number of carbonyl (C=O) groups excluding carboxylic acids is 1. The Morgan fingerprint density at radius 3 is 2.86 bits per heavy atom. The smallest absolute Gasteiger partial charge is 0.253 e. The van der Waals surface area contributed by atoms with Crippen LogP contribution in [0, 0.1) is 11.6 Å². The highest BCUT2D eigenvalue weighted by atomic mass is 19.1. The molecule has 0 radical (unpaired) electrons. The first kappa shape index (κ1) is 13.3. The summed E-state index contributed by atoms with van der Waals surface area (Å²) in [5.41, 5.74) is 1.30. The highest BCUT2D eigenvalue weighted by Gasteiger charge is 2.11. The molecule has 1 heterocycles. The van der Waals surface area contributed by atoms with Crippen molar-refractivity contribution >= 4 is 16.8 Å². The number of para-hydroxylation sites is 1. The minimum atomic E-state index is -0.546. The number of fused-ring (bicyclic) bond motifs is 1. The van der Waals surface area contributed by atoms with Crippen LogP contribution in [0.15, 0.2) is 48.7 Å². The first-order valence-corrected chi connectivity index (χ1v) is 6.43. The average molecular weight is 286 g/mol. The van der Waals surface area contributed by atoms with Crippen molar-refractivity contribution < 1.29 is 13.6 Å². The van der Waals surface area contributed by atoms with Gasteiger partial charge in [0.1, 0.15) is 11.6 Å². The fourth-order valence-corrected chi connectivity index (χ4v) is 2.22. The Kier molecular flexibility index (Phi) is 3.39. The van der Waals surface area contributed by atoms with Crippen molar-refractivity contribution in [1.82, 2.24) is 10.3 Å². The van der Waals surface area contributed by atoms with Crippen LogP contribution in [0.25, 0.3) is 10.9 Å². The maximum Gasteiger partial charge on any atom is 0.253 e. The molecule has 0 bridgehead atoms. The molecule has 0 aliphatic rings. The third kappa shape index (κ3) is 2.63.